The quantitative estimate of drug-likeness (QED) is 0.451. The van der Waals surface area contributed by atoms with E-state index in [4.69, 9.17) is 9.47 Å². The van der Waals surface area contributed by atoms with Crippen LogP contribution in [0.25, 0.3) is 0 Å². The van der Waals surface area contributed by atoms with Crippen molar-refractivity contribution in [2.45, 2.75) is 19.8 Å². The molecule has 136 valence electrons. The lowest BCUT2D eigenvalue weighted by Crippen LogP contribution is -2.29. The Labute approximate surface area is 154 Å². The van der Waals surface area contributed by atoms with Gasteiger partial charge in [-0.1, -0.05) is 17.7 Å². The number of methoxy groups -OCH3 is 1. The van der Waals surface area contributed by atoms with Gasteiger partial charge in [0.05, 0.1) is 19.3 Å². The van der Waals surface area contributed by atoms with Crippen molar-refractivity contribution in [3.63, 3.8) is 0 Å². The minimum atomic E-state index is -0.258. The zero-order chi connectivity index (χ0) is 18.4. The summed E-state index contributed by atoms with van der Waals surface area (Å²) in [5.41, 5.74) is 2.96. The first-order valence-electron chi connectivity index (χ1n) is 8.86. The van der Waals surface area contributed by atoms with Crippen LogP contribution in [-0.4, -0.2) is 43.8 Å². The third kappa shape index (κ3) is 4.92. The lowest BCUT2D eigenvalue weighted by Gasteiger charge is -2.14. The van der Waals surface area contributed by atoms with E-state index in [0.717, 1.165) is 37.2 Å². The van der Waals surface area contributed by atoms with E-state index in [-0.39, 0.29) is 5.97 Å². The molecule has 2 aromatic rings. The van der Waals surface area contributed by atoms with Gasteiger partial charge in [-0.3, -0.25) is 14.7 Å². The van der Waals surface area contributed by atoms with Crippen molar-refractivity contribution in [3.05, 3.63) is 53.6 Å². The predicted octanol–water partition coefficient (Wildman–Crippen LogP) is 3.76. The Balaban J connectivity index is 1.66. The summed E-state index contributed by atoms with van der Waals surface area (Å²) in [4.78, 5) is 18.7. The number of aliphatic imine (C=N–C) groups is 1. The summed E-state index contributed by atoms with van der Waals surface area (Å²) in [6, 6.07) is 13.4. The predicted molar refractivity (Wildman–Crippen MR) is 103 cm³/mol. The number of rotatable bonds is 6. The van der Waals surface area contributed by atoms with Crippen molar-refractivity contribution in [1.29, 1.82) is 0 Å². The maximum atomic E-state index is 12.1. The highest BCUT2D eigenvalue weighted by Gasteiger charge is 2.17. The van der Waals surface area contributed by atoms with E-state index in [2.05, 4.69) is 9.89 Å². The molecular formula is C21H24N2O3. The third-order valence-electron chi connectivity index (χ3n) is 4.36. The Morgan fingerprint density at radius 1 is 1.12 bits per heavy atom. The highest BCUT2D eigenvalue weighted by Crippen LogP contribution is 2.28. The molecule has 0 spiro atoms. The van der Waals surface area contributed by atoms with Gasteiger partial charge in [-0.15, -0.1) is 0 Å². The van der Waals surface area contributed by atoms with Gasteiger partial charge < -0.3 is 9.47 Å². The van der Waals surface area contributed by atoms with Gasteiger partial charge in [0.2, 0.25) is 0 Å². The SMILES string of the molecule is COc1cc(C=Nc2ccc(C)cc2)ccc1OC(=O)CN1CCCC1. The van der Waals surface area contributed by atoms with Gasteiger partial charge in [-0.25, -0.2) is 0 Å². The number of carbonyl (C=O) groups excluding carboxylic acids is 1. The van der Waals surface area contributed by atoms with Gasteiger partial charge in [0.25, 0.3) is 0 Å². The van der Waals surface area contributed by atoms with Gasteiger partial charge in [0.15, 0.2) is 11.5 Å². The maximum absolute atomic E-state index is 12.1. The number of nitrogens with zero attached hydrogens (tertiary/aromatic N) is 2. The Hall–Kier alpha value is -2.66. The maximum Gasteiger partial charge on any atom is 0.325 e. The molecule has 0 unspecified atom stereocenters. The van der Waals surface area contributed by atoms with Crippen LogP contribution in [-0.2, 0) is 4.79 Å². The first-order chi connectivity index (χ1) is 12.6. The number of ether oxygens (including phenoxy) is 2. The van der Waals surface area contributed by atoms with E-state index in [9.17, 15) is 4.79 Å². The fourth-order valence-electron chi connectivity index (χ4n) is 2.91. The first kappa shape index (κ1) is 18.1. The molecule has 0 saturated carbocycles. The second kappa shape index (κ2) is 8.63. The molecule has 3 rings (SSSR count). The lowest BCUT2D eigenvalue weighted by atomic mass is 10.2. The summed E-state index contributed by atoms with van der Waals surface area (Å²) in [7, 11) is 1.56. The van der Waals surface area contributed by atoms with Crippen molar-refractivity contribution >= 4 is 17.9 Å². The number of hydrogen-bond donors (Lipinski definition) is 0. The van der Waals surface area contributed by atoms with Crippen LogP contribution in [0.5, 0.6) is 11.5 Å². The average molecular weight is 352 g/mol. The largest absolute Gasteiger partial charge is 0.493 e. The molecular weight excluding hydrogens is 328 g/mol. The standard InChI is InChI=1S/C21H24N2O3/c1-16-5-8-18(9-6-16)22-14-17-7-10-19(20(13-17)25-2)26-21(24)15-23-11-3-4-12-23/h5-10,13-14H,3-4,11-12,15H2,1-2H3. The first-order valence-corrected chi connectivity index (χ1v) is 8.86. The van der Waals surface area contributed by atoms with Crippen molar-refractivity contribution < 1.29 is 14.3 Å². The molecule has 0 amide bonds. The van der Waals surface area contributed by atoms with E-state index in [1.54, 1.807) is 19.4 Å². The molecule has 0 bridgehead atoms. The molecule has 1 aliphatic rings. The van der Waals surface area contributed by atoms with Crippen molar-refractivity contribution in [2.24, 2.45) is 4.99 Å². The van der Waals surface area contributed by atoms with Crippen LogP contribution < -0.4 is 9.47 Å². The second-order valence-corrected chi connectivity index (χ2v) is 6.46. The van der Waals surface area contributed by atoms with E-state index in [1.165, 1.54) is 5.56 Å². The number of carbonyl (C=O) groups is 1. The number of hydrogen-bond acceptors (Lipinski definition) is 5. The minimum Gasteiger partial charge on any atom is -0.493 e. The van der Waals surface area contributed by atoms with Gasteiger partial charge in [0, 0.05) is 6.21 Å². The summed E-state index contributed by atoms with van der Waals surface area (Å²) in [6.07, 6.45) is 4.06. The Bertz CT molecular complexity index is 778. The lowest BCUT2D eigenvalue weighted by molar-refractivity contribution is -0.135. The second-order valence-electron chi connectivity index (χ2n) is 6.46. The third-order valence-corrected chi connectivity index (χ3v) is 4.36. The van der Waals surface area contributed by atoms with Crippen LogP contribution in [0.2, 0.25) is 0 Å². The van der Waals surface area contributed by atoms with Crippen molar-refractivity contribution in [2.75, 3.05) is 26.7 Å². The highest BCUT2D eigenvalue weighted by atomic mass is 16.6. The van der Waals surface area contributed by atoms with Gasteiger partial charge in [-0.2, -0.15) is 0 Å². The average Bonchev–Trinajstić information content (AvgIpc) is 3.15. The molecule has 5 heteroatoms. The molecule has 2 aromatic carbocycles. The topological polar surface area (TPSA) is 51.1 Å². The molecule has 5 nitrogen and oxygen atoms in total. The molecule has 1 aliphatic heterocycles. The Kier molecular flexibility index (Phi) is 6.02. The molecule has 0 aliphatic carbocycles. The number of likely N-dealkylation sites (tertiary alicyclic amines) is 1. The fourth-order valence-corrected chi connectivity index (χ4v) is 2.91. The van der Waals surface area contributed by atoms with E-state index in [0.29, 0.717) is 18.0 Å². The van der Waals surface area contributed by atoms with Crippen LogP contribution in [0.1, 0.15) is 24.0 Å². The molecule has 0 radical (unpaired) electrons. The summed E-state index contributed by atoms with van der Waals surface area (Å²) >= 11 is 0. The fraction of sp³-hybridized carbons (Fsp3) is 0.333. The summed E-state index contributed by atoms with van der Waals surface area (Å²) in [5, 5.41) is 0. The van der Waals surface area contributed by atoms with Crippen LogP contribution in [0.15, 0.2) is 47.5 Å². The van der Waals surface area contributed by atoms with Gasteiger partial charge in [0.1, 0.15) is 0 Å². The zero-order valence-electron chi connectivity index (χ0n) is 15.3. The van der Waals surface area contributed by atoms with Crippen LogP contribution in [0.3, 0.4) is 0 Å². The van der Waals surface area contributed by atoms with Crippen LogP contribution in [0, 0.1) is 6.92 Å². The normalized spacial score (nSPS) is 14.7. The van der Waals surface area contributed by atoms with E-state index < -0.39 is 0 Å². The van der Waals surface area contributed by atoms with Crippen molar-refractivity contribution in [1.82, 2.24) is 4.90 Å². The highest BCUT2D eigenvalue weighted by molar-refractivity contribution is 5.83. The van der Waals surface area contributed by atoms with Crippen molar-refractivity contribution in [3.8, 4) is 11.5 Å². The molecule has 26 heavy (non-hydrogen) atoms. The summed E-state index contributed by atoms with van der Waals surface area (Å²) in [5.74, 6) is 0.697. The number of aryl methyl sites for hydroxylation is 1. The zero-order valence-corrected chi connectivity index (χ0v) is 15.3. The van der Waals surface area contributed by atoms with Crippen LogP contribution in [0.4, 0.5) is 5.69 Å². The van der Waals surface area contributed by atoms with Gasteiger partial charge >= 0.3 is 5.97 Å². The summed E-state index contributed by atoms with van der Waals surface area (Å²) in [6.45, 7) is 4.28. The molecule has 0 atom stereocenters. The monoisotopic (exact) mass is 352 g/mol. The van der Waals surface area contributed by atoms with E-state index >= 15 is 0 Å². The molecule has 0 N–H and O–H groups in total. The van der Waals surface area contributed by atoms with Crippen LogP contribution >= 0.6 is 0 Å². The van der Waals surface area contributed by atoms with E-state index in [1.807, 2.05) is 43.3 Å². The Morgan fingerprint density at radius 2 is 1.85 bits per heavy atom. The molecule has 0 aromatic heterocycles. The minimum absolute atomic E-state index is 0.258. The molecule has 1 fully saturated rings. The Morgan fingerprint density at radius 3 is 2.54 bits per heavy atom. The number of esters is 1. The molecule has 1 saturated heterocycles. The molecule has 1 heterocycles. The smallest absolute Gasteiger partial charge is 0.325 e. The van der Waals surface area contributed by atoms with Gasteiger partial charge in [-0.05, 0) is 68.8 Å². The summed E-state index contributed by atoms with van der Waals surface area (Å²) < 4.78 is 10.9. The number of benzene rings is 2.